The predicted molar refractivity (Wildman–Crippen MR) is 305 cm³/mol. The van der Waals surface area contributed by atoms with Gasteiger partial charge in [-0.2, -0.15) is 0 Å². The molecule has 0 N–H and O–H groups in total. The first-order chi connectivity index (χ1) is 35.0. The maximum Gasteiger partial charge on any atom is 0.306 e. The van der Waals surface area contributed by atoms with E-state index in [1.165, 1.54) is 122 Å². The van der Waals surface area contributed by atoms with Crippen LogP contribution in [0.3, 0.4) is 0 Å². The van der Waals surface area contributed by atoms with Gasteiger partial charge in [0.2, 0.25) is 0 Å². The highest BCUT2D eigenvalue weighted by atomic mass is 31.2. The second-order valence-electron chi connectivity index (χ2n) is 20.6. The van der Waals surface area contributed by atoms with Crippen molar-refractivity contribution in [1.82, 2.24) is 0 Å². The lowest BCUT2D eigenvalue weighted by atomic mass is 10.0. The van der Waals surface area contributed by atoms with Gasteiger partial charge in [0, 0.05) is 12.8 Å². The Bertz CT molecular complexity index is 1490. The van der Waals surface area contributed by atoms with Gasteiger partial charge in [-0.25, -0.2) is 0 Å². The van der Waals surface area contributed by atoms with Gasteiger partial charge in [0.15, 0.2) is 6.10 Å². The van der Waals surface area contributed by atoms with Crippen LogP contribution in [0, 0.1) is 0 Å². The molecule has 0 aromatic heterocycles. The number of phosphoric ester groups is 1. The number of phosphoric acid groups is 1. The Morgan fingerprint density at radius 1 is 0.444 bits per heavy atom. The van der Waals surface area contributed by atoms with Gasteiger partial charge in [0.05, 0.1) is 27.7 Å². The fourth-order valence-corrected chi connectivity index (χ4v) is 8.62. The SMILES string of the molecule is CC/C=C\C/C=C\C/C=C\C/C=C\C/C=C\CCCCCCCCCCCCCCCC(=O)OC(COC(=O)CCCCCCCCCCC/C=C\C/C=C\CCCCC)COP(=O)([O-])OCC[N+](C)(C)C. The predicted octanol–water partition coefficient (Wildman–Crippen LogP) is 17.6. The molecule has 0 amide bonds. The number of allylic oxidation sites excluding steroid dienone is 14. The summed E-state index contributed by atoms with van der Waals surface area (Å²) >= 11 is 0. The quantitative estimate of drug-likeness (QED) is 0.0195. The minimum atomic E-state index is -4.64. The van der Waals surface area contributed by atoms with E-state index in [0.717, 1.165) is 89.9 Å². The van der Waals surface area contributed by atoms with Gasteiger partial charge in [0.25, 0.3) is 7.82 Å². The summed E-state index contributed by atoms with van der Waals surface area (Å²) < 4.78 is 34.2. The number of carbonyl (C=O) groups is 2. The number of ether oxygens (including phenoxy) is 2. The first-order valence-electron chi connectivity index (χ1n) is 29.3. The largest absolute Gasteiger partial charge is 0.756 e. The van der Waals surface area contributed by atoms with Crippen LogP contribution in [0.5, 0.6) is 0 Å². The average Bonchev–Trinajstić information content (AvgIpc) is 3.34. The van der Waals surface area contributed by atoms with E-state index < -0.39 is 26.5 Å². The summed E-state index contributed by atoms with van der Waals surface area (Å²) in [6.45, 7) is 4.11. The van der Waals surface area contributed by atoms with E-state index >= 15 is 0 Å². The van der Waals surface area contributed by atoms with Gasteiger partial charge in [-0.3, -0.25) is 14.2 Å². The molecule has 0 aliphatic carbocycles. The van der Waals surface area contributed by atoms with E-state index in [0.29, 0.717) is 17.4 Å². The number of nitrogens with zero attached hydrogens (tertiary/aromatic N) is 1. The van der Waals surface area contributed by atoms with Crippen molar-refractivity contribution in [1.29, 1.82) is 0 Å². The van der Waals surface area contributed by atoms with E-state index in [-0.39, 0.29) is 32.0 Å². The van der Waals surface area contributed by atoms with Gasteiger partial charge in [0.1, 0.15) is 19.8 Å². The van der Waals surface area contributed by atoms with E-state index in [4.69, 9.17) is 18.5 Å². The van der Waals surface area contributed by atoms with Crippen LogP contribution in [0.4, 0.5) is 0 Å². The third kappa shape index (κ3) is 56.5. The van der Waals surface area contributed by atoms with Crippen LogP contribution in [0.2, 0.25) is 0 Å². The number of esters is 2. The van der Waals surface area contributed by atoms with E-state index in [1.807, 2.05) is 21.1 Å². The maximum atomic E-state index is 12.8. The molecular formula is C62H110NO8P. The van der Waals surface area contributed by atoms with Crippen molar-refractivity contribution in [2.24, 2.45) is 0 Å². The molecule has 0 saturated carbocycles. The normalized spacial score (nSPS) is 13.9. The summed E-state index contributed by atoms with van der Waals surface area (Å²) in [5.74, 6) is -0.838. The van der Waals surface area contributed by atoms with Gasteiger partial charge in [-0.1, -0.05) is 227 Å². The van der Waals surface area contributed by atoms with Crippen molar-refractivity contribution in [3.8, 4) is 0 Å². The molecule has 0 aromatic carbocycles. The van der Waals surface area contributed by atoms with Gasteiger partial charge in [-0.15, -0.1) is 0 Å². The molecule has 0 bridgehead atoms. The van der Waals surface area contributed by atoms with Crippen molar-refractivity contribution >= 4 is 19.8 Å². The summed E-state index contributed by atoms with van der Waals surface area (Å²) in [4.78, 5) is 37.9. The topological polar surface area (TPSA) is 111 Å². The van der Waals surface area contributed by atoms with Crippen molar-refractivity contribution in [2.75, 3.05) is 47.5 Å². The summed E-state index contributed by atoms with van der Waals surface area (Å²) in [7, 11) is 1.16. The van der Waals surface area contributed by atoms with Crippen molar-refractivity contribution in [3.05, 3.63) is 85.1 Å². The zero-order chi connectivity index (χ0) is 52.7. The van der Waals surface area contributed by atoms with Gasteiger partial charge in [-0.05, 0) is 89.9 Å². The summed E-state index contributed by atoms with van der Waals surface area (Å²) in [5, 5.41) is 0. The molecule has 0 rings (SSSR count). The minimum Gasteiger partial charge on any atom is -0.756 e. The number of hydrogen-bond acceptors (Lipinski definition) is 8. The Morgan fingerprint density at radius 3 is 1.18 bits per heavy atom. The van der Waals surface area contributed by atoms with Gasteiger partial charge >= 0.3 is 11.9 Å². The average molecular weight is 1030 g/mol. The highest BCUT2D eigenvalue weighted by Gasteiger charge is 2.22. The Hall–Kier alpha value is -2.81. The van der Waals surface area contributed by atoms with Crippen LogP contribution in [-0.4, -0.2) is 70.0 Å². The standard InChI is InChI=1S/C62H110NO8P/c1-6-8-10-12-14-16-18-20-22-24-26-27-28-29-30-31-32-33-34-35-37-39-41-43-45-47-49-51-53-55-62(65)71-60(59-70-72(66,67)69-57-56-63(3,4)5)58-68-61(64)54-52-50-48-46-44-42-40-38-36-25-23-21-19-17-15-13-11-9-7-2/h8,10,14-17,20-23,26-27,29-30,60H,6-7,9,11-13,18-19,24-25,28,31-59H2,1-5H3/b10-8-,16-14-,17-15-,22-20-,23-21-,27-26-,30-29-. The number of quaternary nitrogens is 1. The lowest BCUT2D eigenvalue weighted by Crippen LogP contribution is -2.37. The van der Waals surface area contributed by atoms with Crippen LogP contribution in [-0.2, 0) is 32.7 Å². The summed E-state index contributed by atoms with van der Waals surface area (Å²) in [5.41, 5.74) is 0. The van der Waals surface area contributed by atoms with Crippen LogP contribution in [0.15, 0.2) is 85.1 Å². The lowest BCUT2D eigenvalue weighted by molar-refractivity contribution is -0.870. The minimum absolute atomic E-state index is 0.0345. The highest BCUT2D eigenvalue weighted by Crippen LogP contribution is 2.38. The zero-order valence-electron chi connectivity index (χ0n) is 47.1. The third-order valence-electron chi connectivity index (χ3n) is 12.4. The molecule has 9 nitrogen and oxygen atoms in total. The highest BCUT2D eigenvalue weighted by molar-refractivity contribution is 7.45. The molecule has 0 aliphatic rings. The molecule has 0 aromatic rings. The molecule has 416 valence electrons. The Labute approximate surface area is 443 Å². The lowest BCUT2D eigenvalue weighted by Gasteiger charge is -2.28. The molecule has 0 heterocycles. The molecular weight excluding hydrogens is 918 g/mol. The van der Waals surface area contributed by atoms with Crippen LogP contribution in [0.25, 0.3) is 0 Å². The molecule has 10 heteroatoms. The number of rotatable bonds is 53. The fourth-order valence-electron chi connectivity index (χ4n) is 7.89. The molecule has 0 spiro atoms. The number of likely N-dealkylation sites (N-methyl/N-ethyl adjacent to an activating group) is 1. The van der Waals surface area contributed by atoms with Crippen LogP contribution in [0.1, 0.15) is 245 Å². The summed E-state index contributed by atoms with van der Waals surface area (Å²) in [6, 6.07) is 0. The molecule has 2 unspecified atom stereocenters. The summed E-state index contributed by atoms with van der Waals surface area (Å²) in [6.07, 6.45) is 70.5. The smallest absolute Gasteiger partial charge is 0.306 e. The monoisotopic (exact) mass is 1030 g/mol. The first-order valence-corrected chi connectivity index (χ1v) is 30.8. The first kappa shape index (κ1) is 69.2. The molecule has 0 aliphatic heterocycles. The van der Waals surface area contributed by atoms with Crippen molar-refractivity contribution < 1.29 is 42.1 Å². The molecule has 0 saturated heterocycles. The second-order valence-corrected chi connectivity index (χ2v) is 22.0. The van der Waals surface area contributed by atoms with E-state index in [9.17, 15) is 19.0 Å². The second kappa shape index (κ2) is 53.0. The van der Waals surface area contributed by atoms with E-state index in [2.05, 4.69) is 98.9 Å². The van der Waals surface area contributed by atoms with E-state index in [1.54, 1.807) is 0 Å². The Morgan fingerprint density at radius 2 is 0.792 bits per heavy atom. The molecule has 0 fully saturated rings. The number of hydrogen-bond donors (Lipinski definition) is 0. The zero-order valence-corrected chi connectivity index (χ0v) is 48.0. The number of carbonyl (C=O) groups excluding carboxylic acids is 2. The maximum absolute atomic E-state index is 12.8. The third-order valence-corrected chi connectivity index (χ3v) is 13.4. The number of unbranched alkanes of at least 4 members (excludes halogenated alkanes) is 25. The molecule has 2 atom stereocenters. The van der Waals surface area contributed by atoms with Crippen LogP contribution >= 0.6 is 7.82 Å². The molecule has 0 radical (unpaired) electrons. The van der Waals surface area contributed by atoms with Crippen molar-refractivity contribution in [3.63, 3.8) is 0 Å². The molecule has 72 heavy (non-hydrogen) atoms. The van der Waals surface area contributed by atoms with Gasteiger partial charge < -0.3 is 27.9 Å². The Balaban J connectivity index is 4.15. The van der Waals surface area contributed by atoms with Crippen molar-refractivity contribution in [2.45, 2.75) is 251 Å². The van der Waals surface area contributed by atoms with Crippen LogP contribution < -0.4 is 4.89 Å². The fraction of sp³-hybridized carbons (Fsp3) is 0.742. The Kier molecular flexibility index (Phi) is 51.0.